The molecule has 0 spiro atoms. The Labute approximate surface area is 125 Å². The van der Waals surface area contributed by atoms with Crippen LogP contribution in [-0.2, 0) is 0 Å². The van der Waals surface area contributed by atoms with E-state index in [2.05, 4.69) is 27.5 Å². The minimum atomic E-state index is -0.0427. The van der Waals surface area contributed by atoms with E-state index in [9.17, 15) is 4.79 Å². The molecule has 0 atom stereocenters. The van der Waals surface area contributed by atoms with Gasteiger partial charge in [0.15, 0.2) is 0 Å². The van der Waals surface area contributed by atoms with Crippen LogP contribution in [0.25, 0.3) is 0 Å². The second-order valence-corrected chi connectivity index (χ2v) is 7.11. The Bertz CT molecular complexity index is 457. The van der Waals surface area contributed by atoms with Gasteiger partial charge in [0, 0.05) is 20.8 Å². The maximum Gasteiger partial charge on any atom is 0.252 e. The second-order valence-electron chi connectivity index (χ2n) is 4.55. The summed E-state index contributed by atoms with van der Waals surface area (Å²) in [6.07, 6.45) is 5.76. The maximum atomic E-state index is 12.1. The first-order chi connectivity index (χ1) is 8.56. The van der Waals surface area contributed by atoms with E-state index in [1.54, 1.807) is 18.2 Å². The number of thioether (sulfide) groups is 1. The van der Waals surface area contributed by atoms with Crippen molar-refractivity contribution in [2.45, 2.75) is 24.0 Å². The van der Waals surface area contributed by atoms with E-state index in [0.717, 1.165) is 11.0 Å². The van der Waals surface area contributed by atoms with Crippen molar-refractivity contribution >= 4 is 45.2 Å². The van der Waals surface area contributed by atoms with Crippen molar-refractivity contribution in [2.24, 2.45) is 0 Å². The highest BCUT2D eigenvalue weighted by Gasteiger charge is 2.36. The molecule has 1 saturated carbocycles. The van der Waals surface area contributed by atoms with E-state index in [4.69, 9.17) is 11.6 Å². The summed E-state index contributed by atoms with van der Waals surface area (Å²) in [5.74, 6) is -0.0427. The minimum absolute atomic E-state index is 0.0427. The molecule has 1 aliphatic rings. The van der Waals surface area contributed by atoms with Gasteiger partial charge in [-0.25, -0.2) is 0 Å². The van der Waals surface area contributed by atoms with Crippen LogP contribution in [0.1, 0.15) is 29.6 Å². The number of carbonyl (C=O) groups excluding carboxylic acids is 1. The molecule has 98 valence electrons. The summed E-state index contributed by atoms with van der Waals surface area (Å²) in [6.45, 7) is 0.738. The number of rotatable bonds is 4. The molecular weight excluding hydrogens is 334 g/mol. The summed E-state index contributed by atoms with van der Waals surface area (Å²) in [6, 6.07) is 5.22. The summed E-state index contributed by atoms with van der Waals surface area (Å²) in [5, 5.41) is 3.64. The number of hydrogen-bond donors (Lipinski definition) is 1. The lowest BCUT2D eigenvalue weighted by atomic mass is 9.84. The molecule has 0 aliphatic heterocycles. The molecule has 0 heterocycles. The normalized spacial score (nSPS) is 17.1. The monoisotopic (exact) mass is 347 g/mol. The van der Waals surface area contributed by atoms with Gasteiger partial charge in [0.2, 0.25) is 0 Å². The molecule has 2 nitrogen and oxygen atoms in total. The Hall–Kier alpha value is -0.190. The van der Waals surface area contributed by atoms with Gasteiger partial charge >= 0.3 is 0 Å². The third-order valence-corrected chi connectivity index (χ3v) is 5.75. The number of nitrogens with one attached hydrogen (secondary N) is 1. The van der Waals surface area contributed by atoms with Crippen LogP contribution in [0, 0.1) is 0 Å². The van der Waals surface area contributed by atoms with Crippen LogP contribution < -0.4 is 5.32 Å². The zero-order valence-corrected chi connectivity index (χ0v) is 13.3. The zero-order valence-electron chi connectivity index (χ0n) is 10.1. The predicted octanol–water partition coefficient (Wildman–Crippen LogP) is 4.12. The molecule has 0 unspecified atom stereocenters. The van der Waals surface area contributed by atoms with Crippen LogP contribution in [-0.4, -0.2) is 23.5 Å². The maximum absolute atomic E-state index is 12.1. The third kappa shape index (κ3) is 3.03. The Morgan fingerprint density at radius 3 is 2.78 bits per heavy atom. The first kappa shape index (κ1) is 14.2. The van der Waals surface area contributed by atoms with E-state index in [-0.39, 0.29) is 10.7 Å². The standard InChI is InChI=1S/C13H15BrClNOS/c1-18-13(5-2-6-13)8-16-12(17)10-4-3-9(15)7-11(10)14/h3-4,7H,2,5-6,8H2,1H3,(H,16,17). The van der Waals surface area contributed by atoms with Crippen molar-refractivity contribution in [3.63, 3.8) is 0 Å². The van der Waals surface area contributed by atoms with Crippen LogP contribution >= 0.6 is 39.3 Å². The van der Waals surface area contributed by atoms with Gasteiger partial charge in [-0.3, -0.25) is 4.79 Å². The van der Waals surface area contributed by atoms with Gasteiger partial charge in [-0.15, -0.1) is 0 Å². The molecule has 2 rings (SSSR count). The number of hydrogen-bond acceptors (Lipinski definition) is 2. The molecule has 0 radical (unpaired) electrons. The average molecular weight is 349 g/mol. The summed E-state index contributed by atoms with van der Waals surface area (Å²) >= 11 is 11.1. The van der Waals surface area contributed by atoms with E-state index in [0.29, 0.717) is 10.6 Å². The number of halogens is 2. The number of carbonyl (C=O) groups is 1. The average Bonchev–Trinajstić information content (AvgIpc) is 2.27. The van der Waals surface area contributed by atoms with E-state index in [1.807, 2.05) is 11.8 Å². The molecule has 0 saturated heterocycles. The predicted molar refractivity (Wildman–Crippen MR) is 81.6 cm³/mol. The van der Waals surface area contributed by atoms with Gasteiger partial charge in [-0.2, -0.15) is 11.8 Å². The lowest BCUT2D eigenvalue weighted by Gasteiger charge is -2.40. The summed E-state index contributed by atoms with van der Waals surface area (Å²) in [7, 11) is 0. The van der Waals surface area contributed by atoms with Gasteiger partial charge < -0.3 is 5.32 Å². The van der Waals surface area contributed by atoms with Crippen LogP contribution in [0.3, 0.4) is 0 Å². The van der Waals surface area contributed by atoms with E-state index >= 15 is 0 Å². The van der Waals surface area contributed by atoms with Gasteiger partial charge in [0.1, 0.15) is 0 Å². The fourth-order valence-corrected chi connectivity index (χ4v) is 3.81. The van der Waals surface area contributed by atoms with Crippen molar-refractivity contribution in [2.75, 3.05) is 12.8 Å². The molecule has 0 bridgehead atoms. The molecule has 18 heavy (non-hydrogen) atoms. The van der Waals surface area contributed by atoms with Crippen molar-refractivity contribution in [1.82, 2.24) is 5.32 Å². The first-order valence-electron chi connectivity index (χ1n) is 5.85. The first-order valence-corrected chi connectivity index (χ1v) is 8.24. The molecule has 1 N–H and O–H groups in total. The highest BCUT2D eigenvalue weighted by molar-refractivity contribution is 9.10. The van der Waals surface area contributed by atoms with E-state index in [1.165, 1.54) is 19.3 Å². The molecule has 1 aromatic carbocycles. The van der Waals surface area contributed by atoms with Gasteiger partial charge in [-0.05, 0) is 53.2 Å². The largest absolute Gasteiger partial charge is 0.351 e. The number of amides is 1. The molecule has 5 heteroatoms. The molecule has 0 aromatic heterocycles. The van der Waals surface area contributed by atoms with Crippen LogP contribution in [0.5, 0.6) is 0 Å². The fraction of sp³-hybridized carbons (Fsp3) is 0.462. The topological polar surface area (TPSA) is 29.1 Å². The lowest BCUT2D eigenvalue weighted by Crippen LogP contribution is -2.45. The quantitative estimate of drug-likeness (QED) is 0.887. The highest BCUT2D eigenvalue weighted by Crippen LogP contribution is 2.42. The Kier molecular flexibility index (Phi) is 4.62. The third-order valence-electron chi connectivity index (χ3n) is 3.44. The molecule has 1 aromatic rings. The molecular formula is C13H15BrClNOS. The van der Waals surface area contributed by atoms with Crippen molar-refractivity contribution < 1.29 is 4.79 Å². The Balaban J connectivity index is 1.99. The van der Waals surface area contributed by atoms with Crippen LogP contribution in [0.2, 0.25) is 5.02 Å². The summed E-state index contributed by atoms with van der Waals surface area (Å²) in [4.78, 5) is 12.1. The molecule has 1 amide bonds. The molecule has 1 aliphatic carbocycles. The molecule has 1 fully saturated rings. The van der Waals surface area contributed by atoms with Crippen molar-refractivity contribution in [3.05, 3.63) is 33.3 Å². The van der Waals surface area contributed by atoms with Gasteiger partial charge in [0.25, 0.3) is 5.91 Å². The van der Waals surface area contributed by atoms with Crippen molar-refractivity contribution in [1.29, 1.82) is 0 Å². The number of benzene rings is 1. The lowest BCUT2D eigenvalue weighted by molar-refractivity contribution is 0.0943. The minimum Gasteiger partial charge on any atom is -0.351 e. The van der Waals surface area contributed by atoms with Crippen LogP contribution in [0.4, 0.5) is 0 Å². The van der Waals surface area contributed by atoms with Crippen LogP contribution in [0.15, 0.2) is 22.7 Å². The van der Waals surface area contributed by atoms with Gasteiger partial charge in [-0.1, -0.05) is 18.0 Å². The van der Waals surface area contributed by atoms with Gasteiger partial charge in [0.05, 0.1) is 5.56 Å². The zero-order chi connectivity index (χ0) is 13.2. The summed E-state index contributed by atoms with van der Waals surface area (Å²) in [5.41, 5.74) is 0.634. The summed E-state index contributed by atoms with van der Waals surface area (Å²) < 4.78 is 0.994. The van der Waals surface area contributed by atoms with Crippen molar-refractivity contribution in [3.8, 4) is 0 Å². The smallest absolute Gasteiger partial charge is 0.252 e. The Morgan fingerprint density at radius 1 is 1.56 bits per heavy atom. The Morgan fingerprint density at radius 2 is 2.28 bits per heavy atom. The SMILES string of the molecule is CSC1(CNC(=O)c2ccc(Cl)cc2Br)CCC1. The van der Waals surface area contributed by atoms with E-state index < -0.39 is 0 Å². The fourth-order valence-electron chi connectivity index (χ4n) is 2.03. The second kappa shape index (κ2) is 5.85. The highest BCUT2D eigenvalue weighted by atomic mass is 79.9.